The van der Waals surface area contributed by atoms with Crippen LogP contribution in [0.1, 0.15) is 31.4 Å². The molecule has 39 heavy (non-hydrogen) atoms. The first-order chi connectivity index (χ1) is 19.2. The molecule has 3 heterocycles. The molecule has 0 spiro atoms. The van der Waals surface area contributed by atoms with E-state index in [-0.39, 0.29) is 22.0 Å². The van der Waals surface area contributed by atoms with E-state index >= 15 is 0 Å². The highest BCUT2D eigenvalue weighted by atomic mass is 35.5. The van der Waals surface area contributed by atoms with Crippen LogP contribution in [0, 0.1) is 28.9 Å². The van der Waals surface area contributed by atoms with Gasteiger partial charge in [-0.15, -0.1) is 5.53 Å². The number of anilines is 3. The van der Waals surface area contributed by atoms with Crippen molar-refractivity contribution >= 4 is 39.6 Å². The van der Waals surface area contributed by atoms with Gasteiger partial charge in [0.05, 0.1) is 46.8 Å². The Morgan fingerprint density at radius 1 is 1.10 bits per heavy atom. The highest BCUT2D eigenvalue weighted by molar-refractivity contribution is 6.36. The molecule has 1 atom stereocenters. The summed E-state index contributed by atoms with van der Waals surface area (Å²) in [5, 5.41) is 18.3. The summed E-state index contributed by atoms with van der Waals surface area (Å²) in [6.07, 6.45) is 6.24. The second kappa shape index (κ2) is 9.98. The largest absolute Gasteiger partial charge is 0.373 e. The molecule has 6 rings (SSSR count). The summed E-state index contributed by atoms with van der Waals surface area (Å²) in [5.74, 6) is -2.85. The number of halogens is 4. The standard InChI is InChI=1S/C27H20ClF3N8/c28-21-8-17(35-25(14-1-3-16(29)4-2-14)23-13-39(38-37-23)19-5-6-19)7-20-24(15(10-32)11-33-26(20)21)36-18-9-22(30)27(31)34-12-18/h1-4,7-9,11-13,19,25,35,37-38H,5-6H2,(H,33,36)/i25D. The molecule has 2 aromatic carbocycles. The first kappa shape index (κ1) is 23.6. The Labute approximate surface area is 227 Å². The summed E-state index contributed by atoms with van der Waals surface area (Å²) in [5.41, 5.74) is 8.17. The van der Waals surface area contributed by atoms with Gasteiger partial charge in [0.2, 0.25) is 5.95 Å². The number of hydrogen-bond donors (Lipinski definition) is 4. The number of rotatable bonds is 7. The number of pyridine rings is 2. The van der Waals surface area contributed by atoms with Crippen LogP contribution in [0.4, 0.5) is 30.2 Å². The SMILES string of the molecule is [2H]C(Nc1cc(Cl)c2ncc(C#N)c(Nc3cnc(F)c(F)c3)c2c1)(C1=CN(C2CC2)NN1)c1ccc(F)cc1. The fourth-order valence-electron chi connectivity index (χ4n) is 4.25. The van der Waals surface area contributed by atoms with Crippen molar-refractivity contribution in [2.75, 3.05) is 10.6 Å². The lowest BCUT2D eigenvalue weighted by molar-refractivity contribution is 0.260. The molecule has 4 N–H and O–H groups in total. The fraction of sp³-hybridized carbons (Fsp3) is 0.148. The lowest BCUT2D eigenvalue weighted by Gasteiger charge is -2.22. The number of nitriles is 1. The maximum atomic E-state index is 13.9. The molecule has 1 aliphatic heterocycles. The molecule has 1 aliphatic carbocycles. The van der Waals surface area contributed by atoms with Crippen molar-refractivity contribution in [1.82, 2.24) is 25.9 Å². The van der Waals surface area contributed by atoms with Crippen LogP contribution in [0.5, 0.6) is 0 Å². The zero-order valence-electron chi connectivity index (χ0n) is 21.1. The molecule has 2 aromatic heterocycles. The molecule has 0 saturated heterocycles. The van der Waals surface area contributed by atoms with E-state index in [1.54, 1.807) is 18.3 Å². The minimum Gasteiger partial charge on any atom is -0.373 e. The average Bonchev–Trinajstić information content (AvgIpc) is 3.67. The minimum absolute atomic E-state index is 0.102. The molecular weight excluding hydrogens is 529 g/mol. The Balaban J connectivity index is 1.45. The molecule has 0 bridgehead atoms. The summed E-state index contributed by atoms with van der Waals surface area (Å²) < 4.78 is 50.6. The van der Waals surface area contributed by atoms with Gasteiger partial charge in [-0.25, -0.2) is 13.8 Å². The van der Waals surface area contributed by atoms with Gasteiger partial charge < -0.3 is 16.1 Å². The highest BCUT2D eigenvalue weighted by Crippen LogP contribution is 2.37. The first-order valence-corrected chi connectivity index (χ1v) is 12.3. The average molecular weight is 550 g/mol. The Morgan fingerprint density at radius 3 is 2.62 bits per heavy atom. The van der Waals surface area contributed by atoms with Crippen molar-refractivity contribution in [3.05, 3.63) is 100 Å². The van der Waals surface area contributed by atoms with Crippen molar-refractivity contribution < 1.29 is 14.5 Å². The van der Waals surface area contributed by atoms with E-state index in [4.69, 9.17) is 11.6 Å². The second-order valence-corrected chi connectivity index (χ2v) is 9.47. The van der Waals surface area contributed by atoms with E-state index < -0.39 is 23.6 Å². The summed E-state index contributed by atoms with van der Waals surface area (Å²) in [6, 6.07) is 10.4. The molecule has 4 aromatic rings. The third-order valence-corrected chi connectivity index (χ3v) is 6.60. The lowest BCUT2D eigenvalue weighted by atomic mass is 10.0. The second-order valence-electron chi connectivity index (χ2n) is 9.06. The van der Waals surface area contributed by atoms with E-state index in [2.05, 4.69) is 31.6 Å². The van der Waals surface area contributed by atoms with Gasteiger partial charge in [-0.05, 0) is 42.7 Å². The number of hydrazine groups is 2. The Morgan fingerprint density at radius 2 is 1.90 bits per heavy atom. The zero-order valence-corrected chi connectivity index (χ0v) is 20.8. The molecule has 0 amide bonds. The van der Waals surface area contributed by atoms with Crippen LogP contribution in [0.2, 0.25) is 5.02 Å². The number of benzene rings is 2. The highest BCUT2D eigenvalue weighted by Gasteiger charge is 2.32. The molecule has 1 saturated carbocycles. The Kier molecular flexibility index (Phi) is 6.03. The van der Waals surface area contributed by atoms with Gasteiger partial charge in [-0.3, -0.25) is 9.99 Å². The van der Waals surface area contributed by atoms with Gasteiger partial charge in [-0.1, -0.05) is 23.7 Å². The number of aromatic nitrogens is 2. The van der Waals surface area contributed by atoms with Crippen LogP contribution < -0.4 is 21.6 Å². The Bertz CT molecular complexity index is 1710. The van der Waals surface area contributed by atoms with Crippen LogP contribution >= 0.6 is 11.6 Å². The Hall–Kier alpha value is -4.53. The van der Waals surface area contributed by atoms with Crippen LogP contribution in [0.3, 0.4) is 0 Å². The van der Waals surface area contributed by atoms with Crippen molar-refractivity contribution in [3.8, 4) is 6.07 Å². The molecule has 1 fully saturated rings. The lowest BCUT2D eigenvalue weighted by Crippen LogP contribution is -2.38. The van der Waals surface area contributed by atoms with Gasteiger partial charge >= 0.3 is 0 Å². The minimum atomic E-state index is -1.63. The third kappa shape index (κ3) is 4.99. The first-order valence-electron chi connectivity index (χ1n) is 12.4. The maximum absolute atomic E-state index is 13.9. The number of nitrogens with one attached hydrogen (secondary N) is 4. The van der Waals surface area contributed by atoms with Gasteiger partial charge in [0.15, 0.2) is 5.82 Å². The van der Waals surface area contributed by atoms with Gasteiger partial charge in [0.1, 0.15) is 11.9 Å². The van der Waals surface area contributed by atoms with E-state index in [0.717, 1.165) is 25.1 Å². The van der Waals surface area contributed by atoms with Gasteiger partial charge in [0, 0.05) is 35.6 Å². The maximum Gasteiger partial charge on any atom is 0.249 e. The summed E-state index contributed by atoms with van der Waals surface area (Å²) in [7, 11) is 0. The molecule has 196 valence electrons. The summed E-state index contributed by atoms with van der Waals surface area (Å²) in [4.78, 5) is 7.69. The van der Waals surface area contributed by atoms with Crippen LogP contribution in [-0.4, -0.2) is 21.0 Å². The summed E-state index contributed by atoms with van der Waals surface area (Å²) >= 11 is 6.61. The number of nitrogens with zero attached hydrogens (tertiary/aromatic N) is 4. The molecular formula is C27H20ClF3N8. The van der Waals surface area contributed by atoms with E-state index in [1.807, 2.05) is 11.1 Å². The van der Waals surface area contributed by atoms with Crippen molar-refractivity contribution in [1.29, 1.82) is 5.26 Å². The van der Waals surface area contributed by atoms with Crippen LogP contribution in [0.25, 0.3) is 10.9 Å². The quantitative estimate of drug-likeness (QED) is 0.215. The summed E-state index contributed by atoms with van der Waals surface area (Å²) in [6.45, 7) is 0. The normalized spacial score (nSPS) is 16.6. The number of fused-ring (bicyclic) bond motifs is 1. The number of hydrogen-bond acceptors (Lipinski definition) is 8. The third-order valence-electron chi connectivity index (χ3n) is 6.31. The van der Waals surface area contributed by atoms with Gasteiger partial charge in [-0.2, -0.15) is 9.65 Å². The topological polar surface area (TPSA) is 101 Å². The predicted octanol–water partition coefficient (Wildman–Crippen LogP) is 5.80. The van der Waals surface area contributed by atoms with E-state index in [1.165, 1.54) is 30.5 Å². The van der Waals surface area contributed by atoms with Crippen molar-refractivity contribution in [2.24, 2.45) is 0 Å². The molecule has 0 radical (unpaired) electrons. The van der Waals surface area contributed by atoms with Crippen LogP contribution in [0.15, 0.2) is 66.8 Å². The van der Waals surface area contributed by atoms with Crippen molar-refractivity contribution in [2.45, 2.75) is 24.9 Å². The zero-order chi connectivity index (χ0) is 28.0. The molecule has 2 aliphatic rings. The monoisotopic (exact) mass is 549 g/mol. The molecule has 12 heteroatoms. The van der Waals surface area contributed by atoms with Crippen molar-refractivity contribution in [3.63, 3.8) is 0 Å². The fourth-order valence-corrected chi connectivity index (χ4v) is 4.51. The van der Waals surface area contributed by atoms with E-state index in [0.29, 0.717) is 33.9 Å². The predicted molar refractivity (Wildman–Crippen MR) is 141 cm³/mol. The van der Waals surface area contributed by atoms with Gasteiger partial charge in [0.25, 0.3) is 0 Å². The van der Waals surface area contributed by atoms with E-state index in [9.17, 15) is 19.8 Å². The smallest absolute Gasteiger partial charge is 0.249 e. The molecule has 8 nitrogen and oxygen atoms in total. The molecule has 1 unspecified atom stereocenters. The van der Waals surface area contributed by atoms with Crippen LogP contribution in [-0.2, 0) is 0 Å².